The Hall–Kier alpha value is -1.10. The third-order valence-corrected chi connectivity index (χ3v) is 3.10. The Labute approximate surface area is 122 Å². The van der Waals surface area contributed by atoms with Gasteiger partial charge in [0.25, 0.3) is 0 Å². The number of rotatable bonds is 12. The SMILES string of the molecule is CCCCCCCCC(C)OC(=O)CN(C)CC(=O)O. The van der Waals surface area contributed by atoms with Crippen molar-refractivity contribution in [2.45, 2.75) is 64.9 Å². The summed E-state index contributed by atoms with van der Waals surface area (Å²) < 4.78 is 5.26. The van der Waals surface area contributed by atoms with Crippen molar-refractivity contribution < 1.29 is 19.4 Å². The summed E-state index contributed by atoms with van der Waals surface area (Å²) in [5, 5.41) is 8.59. The van der Waals surface area contributed by atoms with Gasteiger partial charge in [-0.2, -0.15) is 0 Å². The fourth-order valence-electron chi connectivity index (χ4n) is 2.04. The molecular formula is C15H29NO4. The summed E-state index contributed by atoms with van der Waals surface area (Å²) in [4.78, 5) is 23.5. The van der Waals surface area contributed by atoms with Gasteiger partial charge < -0.3 is 9.84 Å². The summed E-state index contributed by atoms with van der Waals surface area (Å²) in [5.41, 5.74) is 0. The maximum Gasteiger partial charge on any atom is 0.320 e. The molecule has 0 amide bonds. The van der Waals surface area contributed by atoms with E-state index < -0.39 is 5.97 Å². The van der Waals surface area contributed by atoms with Crippen molar-refractivity contribution in [3.8, 4) is 0 Å². The summed E-state index contributed by atoms with van der Waals surface area (Å²) in [6.07, 6.45) is 8.11. The highest BCUT2D eigenvalue weighted by atomic mass is 16.5. The first-order valence-corrected chi connectivity index (χ1v) is 7.55. The Morgan fingerprint density at radius 1 is 1.10 bits per heavy atom. The number of nitrogens with zero attached hydrogens (tertiary/aromatic N) is 1. The molecule has 0 radical (unpaired) electrons. The third-order valence-electron chi connectivity index (χ3n) is 3.10. The minimum Gasteiger partial charge on any atom is -0.480 e. The Bertz CT molecular complexity index is 281. The van der Waals surface area contributed by atoms with Crippen LogP contribution in [0, 0.1) is 0 Å². The molecule has 1 atom stereocenters. The number of carboxylic acid groups (broad SMARTS) is 1. The van der Waals surface area contributed by atoms with E-state index in [1.165, 1.54) is 37.0 Å². The summed E-state index contributed by atoms with van der Waals surface area (Å²) in [7, 11) is 1.59. The van der Waals surface area contributed by atoms with E-state index in [-0.39, 0.29) is 25.2 Å². The number of carboxylic acids is 1. The zero-order chi connectivity index (χ0) is 15.4. The molecule has 0 spiro atoms. The van der Waals surface area contributed by atoms with Crippen molar-refractivity contribution >= 4 is 11.9 Å². The fourth-order valence-corrected chi connectivity index (χ4v) is 2.04. The highest BCUT2D eigenvalue weighted by molar-refractivity contribution is 5.74. The lowest BCUT2D eigenvalue weighted by atomic mass is 10.1. The first-order chi connectivity index (χ1) is 9.45. The van der Waals surface area contributed by atoms with Gasteiger partial charge in [-0.25, -0.2) is 0 Å². The van der Waals surface area contributed by atoms with Crippen molar-refractivity contribution in [2.24, 2.45) is 0 Å². The molecule has 0 aliphatic carbocycles. The molecule has 0 aromatic heterocycles. The molecular weight excluding hydrogens is 258 g/mol. The normalized spacial score (nSPS) is 12.4. The highest BCUT2D eigenvalue weighted by Gasteiger charge is 2.13. The lowest BCUT2D eigenvalue weighted by molar-refractivity contribution is -0.150. The summed E-state index contributed by atoms with van der Waals surface area (Å²) in [6, 6.07) is 0. The van der Waals surface area contributed by atoms with Gasteiger partial charge in [0.2, 0.25) is 0 Å². The van der Waals surface area contributed by atoms with Gasteiger partial charge in [-0.1, -0.05) is 39.0 Å². The largest absolute Gasteiger partial charge is 0.480 e. The number of esters is 1. The van der Waals surface area contributed by atoms with Crippen LogP contribution in [0.5, 0.6) is 0 Å². The van der Waals surface area contributed by atoms with Crippen LogP contribution in [-0.4, -0.2) is 48.2 Å². The topological polar surface area (TPSA) is 66.8 Å². The predicted octanol–water partition coefficient (Wildman–Crippen LogP) is 2.69. The molecule has 0 aliphatic heterocycles. The average Bonchev–Trinajstić information content (AvgIpc) is 2.32. The maximum absolute atomic E-state index is 11.6. The maximum atomic E-state index is 11.6. The van der Waals surface area contributed by atoms with Crippen LogP contribution in [0.1, 0.15) is 58.8 Å². The molecule has 0 aromatic rings. The van der Waals surface area contributed by atoms with Gasteiger partial charge in [0.05, 0.1) is 19.2 Å². The highest BCUT2D eigenvalue weighted by Crippen LogP contribution is 2.10. The molecule has 5 heteroatoms. The predicted molar refractivity (Wildman–Crippen MR) is 78.7 cm³/mol. The quantitative estimate of drug-likeness (QED) is 0.441. The van der Waals surface area contributed by atoms with E-state index in [1.807, 2.05) is 6.92 Å². The van der Waals surface area contributed by atoms with Crippen LogP contribution in [0.3, 0.4) is 0 Å². The second-order valence-corrected chi connectivity index (χ2v) is 5.42. The number of carbonyl (C=O) groups is 2. The second-order valence-electron chi connectivity index (χ2n) is 5.42. The molecule has 20 heavy (non-hydrogen) atoms. The number of likely N-dealkylation sites (N-methyl/N-ethyl adjacent to an activating group) is 1. The monoisotopic (exact) mass is 287 g/mol. The zero-order valence-corrected chi connectivity index (χ0v) is 13.1. The Morgan fingerprint density at radius 3 is 2.30 bits per heavy atom. The smallest absolute Gasteiger partial charge is 0.320 e. The second kappa shape index (κ2) is 11.7. The van der Waals surface area contributed by atoms with E-state index in [1.54, 1.807) is 7.05 Å². The van der Waals surface area contributed by atoms with Crippen LogP contribution in [-0.2, 0) is 14.3 Å². The van der Waals surface area contributed by atoms with Crippen molar-refractivity contribution in [1.82, 2.24) is 4.90 Å². The van der Waals surface area contributed by atoms with E-state index in [2.05, 4.69) is 6.92 Å². The average molecular weight is 287 g/mol. The molecule has 0 saturated heterocycles. The molecule has 0 aromatic carbocycles. The summed E-state index contributed by atoms with van der Waals surface area (Å²) in [6.45, 7) is 3.96. The summed E-state index contributed by atoms with van der Waals surface area (Å²) in [5.74, 6) is -1.30. The molecule has 1 unspecified atom stereocenters. The fraction of sp³-hybridized carbons (Fsp3) is 0.867. The molecule has 0 saturated carbocycles. The molecule has 0 rings (SSSR count). The van der Waals surface area contributed by atoms with Gasteiger partial charge in [-0.05, 0) is 26.8 Å². The molecule has 0 aliphatic rings. The number of unbranched alkanes of at least 4 members (excludes halogenated alkanes) is 5. The molecule has 0 heterocycles. The first kappa shape index (κ1) is 18.9. The molecule has 0 bridgehead atoms. The number of carbonyl (C=O) groups excluding carboxylic acids is 1. The van der Waals surface area contributed by atoms with Gasteiger partial charge in [0.15, 0.2) is 0 Å². The molecule has 5 nitrogen and oxygen atoms in total. The minimum absolute atomic E-state index is 0.0210. The van der Waals surface area contributed by atoms with Gasteiger partial charge in [-0.15, -0.1) is 0 Å². The van der Waals surface area contributed by atoms with E-state index in [0.29, 0.717) is 0 Å². The number of ether oxygens (including phenoxy) is 1. The van der Waals surface area contributed by atoms with E-state index >= 15 is 0 Å². The zero-order valence-electron chi connectivity index (χ0n) is 13.1. The number of aliphatic carboxylic acids is 1. The van der Waals surface area contributed by atoms with Crippen LogP contribution in [0.2, 0.25) is 0 Å². The van der Waals surface area contributed by atoms with Gasteiger partial charge >= 0.3 is 11.9 Å². The van der Waals surface area contributed by atoms with Crippen molar-refractivity contribution in [3.63, 3.8) is 0 Å². The molecule has 118 valence electrons. The van der Waals surface area contributed by atoms with E-state index in [0.717, 1.165) is 12.8 Å². The van der Waals surface area contributed by atoms with Crippen LogP contribution in [0.4, 0.5) is 0 Å². The van der Waals surface area contributed by atoms with Crippen LogP contribution >= 0.6 is 0 Å². The minimum atomic E-state index is -0.944. The Kier molecular flexibility index (Phi) is 11.1. The number of hydrogen-bond acceptors (Lipinski definition) is 4. The van der Waals surface area contributed by atoms with Crippen molar-refractivity contribution in [1.29, 1.82) is 0 Å². The Morgan fingerprint density at radius 2 is 1.70 bits per heavy atom. The van der Waals surface area contributed by atoms with Gasteiger partial charge in [0, 0.05) is 0 Å². The van der Waals surface area contributed by atoms with Crippen molar-refractivity contribution in [2.75, 3.05) is 20.1 Å². The third kappa shape index (κ3) is 12.0. The van der Waals surface area contributed by atoms with Crippen LogP contribution in [0.25, 0.3) is 0 Å². The lowest BCUT2D eigenvalue weighted by Crippen LogP contribution is -2.33. The lowest BCUT2D eigenvalue weighted by Gasteiger charge is -2.16. The molecule has 1 N–H and O–H groups in total. The molecule has 0 fully saturated rings. The van der Waals surface area contributed by atoms with Gasteiger partial charge in [-0.3, -0.25) is 14.5 Å². The van der Waals surface area contributed by atoms with Crippen molar-refractivity contribution in [3.05, 3.63) is 0 Å². The van der Waals surface area contributed by atoms with E-state index in [9.17, 15) is 9.59 Å². The first-order valence-electron chi connectivity index (χ1n) is 7.55. The number of hydrogen-bond donors (Lipinski definition) is 1. The van der Waals surface area contributed by atoms with Crippen LogP contribution < -0.4 is 0 Å². The Balaban J connectivity index is 3.61. The van der Waals surface area contributed by atoms with Crippen LogP contribution in [0.15, 0.2) is 0 Å². The van der Waals surface area contributed by atoms with Gasteiger partial charge in [0.1, 0.15) is 0 Å². The summed E-state index contributed by atoms with van der Waals surface area (Å²) >= 11 is 0. The van der Waals surface area contributed by atoms with E-state index in [4.69, 9.17) is 9.84 Å². The standard InChI is InChI=1S/C15H29NO4/c1-4-5-6-7-8-9-10-13(2)20-15(19)12-16(3)11-14(17)18/h13H,4-12H2,1-3H3,(H,17,18).